The molecule has 0 aliphatic heterocycles. The first-order valence-electron chi connectivity index (χ1n) is 8.65. The minimum absolute atomic E-state index is 0.0367. The molecule has 4 nitrogen and oxygen atoms in total. The Morgan fingerprint density at radius 3 is 2.91 bits per heavy atom. The number of benzene rings is 1. The van der Waals surface area contributed by atoms with E-state index in [1.807, 2.05) is 6.07 Å². The van der Waals surface area contributed by atoms with Crippen molar-refractivity contribution in [3.05, 3.63) is 29.3 Å². The van der Waals surface area contributed by atoms with Gasteiger partial charge in [0.25, 0.3) is 0 Å². The molecule has 0 radical (unpaired) electrons. The molecule has 0 spiro atoms. The molecule has 1 unspecified atom stereocenters. The molecule has 2 saturated carbocycles. The van der Waals surface area contributed by atoms with E-state index >= 15 is 0 Å². The fourth-order valence-corrected chi connectivity index (χ4v) is 5.67. The molecule has 3 aliphatic carbocycles. The summed E-state index contributed by atoms with van der Waals surface area (Å²) in [5.41, 5.74) is 3.66. The van der Waals surface area contributed by atoms with Crippen molar-refractivity contribution in [2.45, 2.75) is 51.0 Å². The highest BCUT2D eigenvalue weighted by Crippen LogP contribution is 2.60. The first-order chi connectivity index (χ1) is 11.0. The van der Waals surface area contributed by atoms with Crippen LogP contribution in [-0.2, 0) is 11.3 Å². The first-order valence-corrected chi connectivity index (χ1v) is 8.65. The summed E-state index contributed by atoms with van der Waals surface area (Å²) in [5.74, 6) is 1.61. The predicted molar refractivity (Wildman–Crippen MR) is 88.6 cm³/mol. The summed E-state index contributed by atoms with van der Waals surface area (Å²) < 4.78 is 0. The monoisotopic (exact) mass is 315 g/mol. The van der Waals surface area contributed by atoms with Gasteiger partial charge in [-0.3, -0.25) is 0 Å². The van der Waals surface area contributed by atoms with Crippen molar-refractivity contribution in [1.29, 1.82) is 0 Å². The molecule has 2 N–H and O–H groups in total. The van der Waals surface area contributed by atoms with Gasteiger partial charge in [0.15, 0.2) is 0 Å². The molecule has 124 valence electrons. The Bertz CT molecular complexity index is 656. The minimum Gasteiger partial charge on any atom is -0.508 e. The first kappa shape index (κ1) is 15.0. The van der Waals surface area contributed by atoms with Crippen molar-refractivity contribution in [3.8, 4) is 5.75 Å². The van der Waals surface area contributed by atoms with Crippen LogP contribution < -0.4 is 0 Å². The van der Waals surface area contributed by atoms with Gasteiger partial charge in [-0.1, -0.05) is 18.1 Å². The summed E-state index contributed by atoms with van der Waals surface area (Å²) >= 11 is 0. The quantitative estimate of drug-likeness (QED) is 0.782. The summed E-state index contributed by atoms with van der Waals surface area (Å²) in [6.07, 6.45) is 4.55. The maximum atomic E-state index is 10.7. The molecule has 23 heavy (non-hydrogen) atoms. The molecule has 1 aromatic carbocycles. The summed E-state index contributed by atoms with van der Waals surface area (Å²) in [6, 6.07) is 5.82. The van der Waals surface area contributed by atoms with Crippen LogP contribution in [0.2, 0.25) is 0 Å². The zero-order chi connectivity index (χ0) is 16.2. The molecule has 0 aromatic heterocycles. The van der Waals surface area contributed by atoms with E-state index in [1.54, 1.807) is 13.2 Å². The average molecular weight is 315 g/mol. The van der Waals surface area contributed by atoms with Gasteiger partial charge in [0, 0.05) is 11.8 Å². The molecule has 0 heterocycles. The average Bonchev–Trinajstić information content (AvgIpc) is 2.78. The number of fused-ring (bicyclic) bond motifs is 5. The van der Waals surface area contributed by atoms with Crippen molar-refractivity contribution in [2.75, 3.05) is 7.11 Å². The van der Waals surface area contributed by atoms with E-state index in [4.69, 9.17) is 4.84 Å². The van der Waals surface area contributed by atoms with Gasteiger partial charge >= 0.3 is 0 Å². The lowest BCUT2D eigenvalue weighted by Crippen LogP contribution is -2.45. The third kappa shape index (κ3) is 2.11. The number of aromatic hydroxyl groups is 1. The lowest BCUT2D eigenvalue weighted by atomic mass is 9.55. The van der Waals surface area contributed by atoms with E-state index < -0.39 is 0 Å². The minimum atomic E-state index is -0.319. The third-order valence-corrected chi connectivity index (χ3v) is 6.64. The molecular formula is C19H25NO3. The molecule has 0 saturated heterocycles. The van der Waals surface area contributed by atoms with Gasteiger partial charge in [-0.05, 0) is 66.7 Å². The second-order valence-electron chi connectivity index (χ2n) is 7.67. The third-order valence-electron chi connectivity index (χ3n) is 6.64. The van der Waals surface area contributed by atoms with Crippen LogP contribution in [-0.4, -0.2) is 29.1 Å². The zero-order valence-corrected chi connectivity index (χ0v) is 13.8. The normalized spacial score (nSPS) is 40.4. The molecular weight excluding hydrogens is 290 g/mol. The van der Waals surface area contributed by atoms with Crippen LogP contribution in [0.15, 0.2) is 23.4 Å². The molecule has 4 heteroatoms. The predicted octanol–water partition coefficient (Wildman–Crippen LogP) is 3.22. The van der Waals surface area contributed by atoms with E-state index in [-0.39, 0.29) is 17.4 Å². The van der Waals surface area contributed by atoms with Crippen LogP contribution in [0.25, 0.3) is 0 Å². The molecule has 0 amide bonds. The van der Waals surface area contributed by atoms with Crippen LogP contribution in [0, 0.1) is 17.3 Å². The van der Waals surface area contributed by atoms with Crippen LogP contribution in [0.4, 0.5) is 0 Å². The van der Waals surface area contributed by atoms with Gasteiger partial charge in [0.2, 0.25) is 0 Å². The number of oxime groups is 1. The molecule has 2 fully saturated rings. The van der Waals surface area contributed by atoms with Crippen molar-refractivity contribution in [3.63, 3.8) is 0 Å². The smallest absolute Gasteiger partial charge is 0.115 e. The molecule has 5 atom stereocenters. The van der Waals surface area contributed by atoms with Crippen molar-refractivity contribution < 1.29 is 15.1 Å². The number of phenols is 1. The highest BCUT2D eigenvalue weighted by Gasteiger charge is 2.57. The van der Waals surface area contributed by atoms with Crippen LogP contribution in [0.5, 0.6) is 5.75 Å². The van der Waals surface area contributed by atoms with E-state index in [0.717, 1.165) is 31.4 Å². The van der Waals surface area contributed by atoms with E-state index in [9.17, 15) is 10.2 Å². The van der Waals surface area contributed by atoms with E-state index in [1.165, 1.54) is 11.1 Å². The number of aryl methyl sites for hydroxylation is 1. The van der Waals surface area contributed by atoms with Gasteiger partial charge in [0.05, 0.1) is 11.8 Å². The Hall–Kier alpha value is -1.55. The summed E-state index contributed by atoms with van der Waals surface area (Å²) in [4.78, 5) is 5.04. The SMILES string of the molecule is CO/N=C1\CC(O)[C@H]2[C@@H]3CCc4cc(O)ccc4[C@H]3CC[C@]12C. The van der Waals surface area contributed by atoms with Gasteiger partial charge in [-0.25, -0.2) is 0 Å². The summed E-state index contributed by atoms with van der Waals surface area (Å²) in [7, 11) is 1.59. The van der Waals surface area contributed by atoms with Crippen LogP contribution in [0.1, 0.15) is 49.7 Å². The molecule has 1 aromatic rings. The summed E-state index contributed by atoms with van der Waals surface area (Å²) in [5, 5.41) is 24.7. The number of nitrogens with zero attached hydrogens (tertiary/aromatic N) is 1. The second kappa shape index (κ2) is 5.23. The van der Waals surface area contributed by atoms with Gasteiger partial charge in [-0.15, -0.1) is 0 Å². The Labute approximate surface area is 137 Å². The fourth-order valence-electron chi connectivity index (χ4n) is 5.67. The van der Waals surface area contributed by atoms with Crippen LogP contribution in [0.3, 0.4) is 0 Å². The van der Waals surface area contributed by atoms with Crippen molar-refractivity contribution >= 4 is 5.71 Å². The highest BCUT2D eigenvalue weighted by atomic mass is 16.6. The van der Waals surface area contributed by atoms with Gasteiger partial charge in [-0.2, -0.15) is 0 Å². The topological polar surface area (TPSA) is 62.0 Å². The fraction of sp³-hybridized carbons (Fsp3) is 0.632. The zero-order valence-electron chi connectivity index (χ0n) is 13.8. The summed E-state index contributed by atoms with van der Waals surface area (Å²) in [6.45, 7) is 2.26. The van der Waals surface area contributed by atoms with Crippen molar-refractivity contribution in [1.82, 2.24) is 0 Å². The van der Waals surface area contributed by atoms with Gasteiger partial charge < -0.3 is 15.1 Å². The van der Waals surface area contributed by atoms with E-state index in [2.05, 4.69) is 18.1 Å². The van der Waals surface area contributed by atoms with E-state index in [0.29, 0.717) is 24.0 Å². The standard InChI is InChI=1S/C19H25NO3/c1-19-8-7-14-13-6-4-12(21)9-11(13)3-5-15(14)18(19)16(22)10-17(19)20-23-2/h4,6,9,14-16,18,21-22H,3,5,7-8,10H2,1-2H3/b20-17+/t14-,15-,16?,18-,19-/m1/s1. The number of phenolic OH excluding ortho intramolecular Hbond substituents is 1. The number of aliphatic hydroxyl groups is 1. The maximum absolute atomic E-state index is 10.7. The Balaban J connectivity index is 1.72. The Kier molecular flexibility index (Phi) is 3.41. The number of hydrogen-bond donors (Lipinski definition) is 2. The van der Waals surface area contributed by atoms with Crippen molar-refractivity contribution in [2.24, 2.45) is 22.4 Å². The second-order valence-corrected chi connectivity index (χ2v) is 7.67. The number of rotatable bonds is 1. The maximum Gasteiger partial charge on any atom is 0.115 e. The Morgan fingerprint density at radius 2 is 2.13 bits per heavy atom. The Morgan fingerprint density at radius 1 is 1.30 bits per heavy atom. The largest absolute Gasteiger partial charge is 0.508 e. The molecule has 4 rings (SSSR count). The van der Waals surface area contributed by atoms with Crippen LogP contribution >= 0.6 is 0 Å². The van der Waals surface area contributed by atoms with Gasteiger partial charge in [0.1, 0.15) is 12.9 Å². The lowest BCUT2D eigenvalue weighted by Gasteiger charge is -2.49. The highest BCUT2D eigenvalue weighted by molar-refractivity contribution is 5.92. The number of hydrogen-bond acceptors (Lipinski definition) is 4. The lowest BCUT2D eigenvalue weighted by molar-refractivity contribution is 0.00214. The molecule has 3 aliphatic rings. The molecule has 0 bridgehead atoms. The number of aliphatic hydroxyl groups excluding tert-OH is 1.